The summed E-state index contributed by atoms with van der Waals surface area (Å²) < 4.78 is 15.0. The molecule has 0 aliphatic heterocycles. The molecule has 24 heavy (non-hydrogen) atoms. The van der Waals surface area contributed by atoms with Gasteiger partial charge in [-0.2, -0.15) is 0 Å². The van der Waals surface area contributed by atoms with Crippen LogP contribution < -0.4 is 0 Å². The monoisotopic (exact) mass is 342 g/mol. The molecule has 0 saturated heterocycles. The first kappa shape index (κ1) is 20.9. The molecule has 2 bridgehead atoms. The average molecular weight is 342 g/mol. The summed E-state index contributed by atoms with van der Waals surface area (Å²) in [5, 5.41) is 0. The van der Waals surface area contributed by atoms with E-state index >= 15 is 0 Å². The Bertz CT molecular complexity index is 418. The van der Waals surface area contributed by atoms with Crippen molar-refractivity contribution in [3.63, 3.8) is 0 Å². The van der Waals surface area contributed by atoms with Crippen LogP contribution >= 0.6 is 0 Å². The average Bonchev–Trinajstić information content (AvgIpc) is 3.17. The number of ether oxygens (including phenoxy) is 3. The van der Waals surface area contributed by atoms with E-state index in [1.807, 2.05) is 27.7 Å². The van der Waals surface area contributed by atoms with E-state index < -0.39 is 0 Å². The molecule has 2 aliphatic rings. The van der Waals surface area contributed by atoms with Gasteiger partial charge in [-0.1, -0.05) is 13.3 Å². The van der Waals surface area contributed by atoms with Gasteiger partial charge in [0.25, 0.3) is 0 Å². The summed E-state index contributed by atoms with van der Waals surface area (Å²) in [6.07, 6.45) is 5.25. The molecule has 4 unspecified atom stereocenters. The molecule has 5 nitrogen and oxygen atoms in total. The number of methoxy groups -OCH3 is 1. The highest BCUT2D eigenvalue weighted by Gasteiger charge is 2.44. The molecule has 0 radical (unpaired) electrons. The molecule has 2 fully saturated rings. The molecular weight excluding hydrogens is 308 g/mol. The van der Waals surface area contributed by atoms with Crippen LogP contribution in [0.15, 0.2) is 0 Å². The van der Waals surface area contributed by atoms with Gasteiger partial charge in [-0.15, -0.1) is 0 Å². The summed E-state index contributed by atoms with van der Waals surface area (Å²) >= 11 is 0. The van der Waals surface area contributed by atoms with Gasteiger partial charge in [0.1, 0.15) is 0 Å². The minimum Gasteiger partial charge on any atom is -0.469 e. The van der Waals surface area contributed by atoms with Gasteiger partial charge < -0.3 is 14.2 Å². The Morgan fingerprint density at radius 1 is 1.17 bits per heavy atom. The second-order valence-electron chi connectivity index (χ2n) is 7.47. The summed E-state index contributed by atoms with van der Waals surface area (Å²) in [4.78, 5) is 22.7. The van der Waals surface area contributed by atoms with E-state index in [9.17, 15) is 9.59 Å². The van der Waals surface area contributed by atoms with Gasteiger partial charge in [0.15, 0.2) is 6.29 Å². The molecule has 140 valence electrons. The van der Waals surface area contributed by atoms with Gasteiger partial charge in [-0.3, -0.25) is 9.59 Å². The number of esters is 2. The van der Waals surface area contributed by atoms with Crippen LogP contribution in [-0.2, 0) is 23.8 Å². The van der Waals surface area contributed by atoms with Gasteiger partial charge in [0, 0.05) is 6.61 Å². The minimum atomic E-state index is -0.387. The van der Waals surface area contributed by atoms with Crippen molar-refractivity contribution in [1.82, 2.24) is 0 Å². The van der Waals surface area contributed by atoms with E-state index in [-0.39, 0.29) is 29.6 Å². The fourth-order valence-corrected chi connectivity index (χ4v) is 3.47. The second-order valence-corrected chi connectivity index (χ2v) is 7.47. The molecule has 2 saturated carbocycles. The Morgan fingerprint density at radius 2 is 1.83 bits per heavy atom. The highest BCUT2D eigenvalue weighted by molar-refractivity contribution is 5.75. The topological polar surface area (TPSA) is 61.8 Å². The van der Waals surface area contributed by atoms with E-state index in [1.54, 1.807) is 6.92 Å². The maximum Gasteiger partial charge on any atom is 0.311 e. The first-order chi connectivity index (χ1) is 11.2. The van der Waals surface area contributed by atoms with Crippen LogP contribution in [0, 0.1) is 23.2 Å². The Hall–Kier alpha value is -1.10. The molecule has 0 heterocycles. The SMILES string of the molecule is CCC(C)(C)C(=O)OC.CCOC(C)OC(=O)C1CC2CCC1C2. The molecule has 0 spiro atoms. The lowest BCUT2D eigenvalue weighted by molar-refractivity contribution is -0.180. The second kappa shape index (κ2) is 9.40. The summed E-state index contributed by atoms with van der Waals surface area (Å²) in [7, 11) is 1.42. The van der Waals surface area contributed by atoms with Crippen LogP contribution in [0.25, 0.3) is 0 Å². The minimum absolute atomic E-state index is 0.0387. The molecule has 2 aliphatic carbocycles. The molecule has 0 aromatic rings. The van der Waals surface area contributed by atoms with E-state index in [0.717, 1.165) is 18.8 Å². The van der Waals surface area contributed by atoms with E-state index in [4.69, 9.17) is 9.47 Å². The summed E-state index contributed by atoms with van der Waals surface area (Å²) in [6.45, 7) is 10.00. The highest BCUT2D eigenvalue weighted by atomic mass is 16.7. The normalized spacial score (nSPS) is 26.3. The van der Waals surface area contributed by atoms with Gasteiger partial charge in [0.2, 0.25) is 0 Å². The lowest BCUT2D eigenvalue weighted by atomic mass is 9.89. The van der Waals surface area contributed by atoms with Crippen molar-refractivity contribution in [3.05, 3.63) is 0 Å². The Labute approximate surface area is 146 Å². The predicted molar refractivity (Wildman–Crippen MR) is 92.2 cm³/mol. The summed E-state index contributed by atoms with van der Waals surface area (Å²) in [5.74, 6) is 1.37. The quantitative estimate of drug-likeness (QED) is 0.540. The first-order valence-corrected chi connectivity index (χ1v) is 9.15. The number of rotatable bonds is 6. The number of fused-ring (bicyclic) bond motifs is 2. The number of carbonyl (C=O) groups excluding carboxylic acids is 2. The van der Waals surface area contributed by atoms with Crippen molar-refractivity contribution in [3.8, 4) is 0 Å². The summed E-state index contributed by atoms with van der Waals surface area (Å²) in [5.41, 5.74) is -0.311. The molecule has 4 atom stereocenters. The lowest BCUT2D eigenvalue weighted by Crippen LogP contribution is -2.27. The summed E-state index contributed by atoms with van der Waals surface area (Å²) in [6, 6.07) is 0. The fraction of sp³-hybridized carbons (Fsp3) is 0.895. The van der Waals surface area contributed by atoms with E-state index in [1.165, 1.54) is 26.4 Å². The van der Waals surface area contributed by atoms with Gasteiger partial charge in [-0.05, 0) is 65.2 Å². The molecule has 2 rings (SSSR count). The zero-order valence-electron chi connectivity index (χ0n) is 16.1. The molecule has 0 aromatic heterocycles. The fourth-order valence-electron chi connectivity index (χ4n) is 3.47. The van der Waals surface area contributed by atoms with Crippen molar-refractivity contribution in [2.45, 2.75) is 73.0 Å². The predicted octanol–water partition coefficient (Wildman–Crippen LogP) is 3.94. The van der Waals surface area contributed by atoms with Crippen LogP contribution in [0.1, 0.15) is 66.7 Å². The van der Waals surface area contributed by atoms with Crippen molar-refractivity contribution >= 4 is 11.9 Å². The Morgan fingerprint density at radius 3 is 2.21 bits per heavy atom. The standard InChI is InChI=1S/C12H20O3.C7H14O2/c1-3-14-8(2)15-12(13)11-7-9-4-5-10(11)6-9;1-5-7(2,3)6(8)9-4/h8-11H,3-7H2,1-2H3;5H2,1-4H3. The van der Waals surface area contributed by atoms with Crippen LogP contribution in [0.2, 0.25) is 0 Å². The maximum atomic E-state index is 11.8. The van der Waals surface area contributed by atoms with Crippen molar-refractivity contribution in [2.24, 2.45) is 23.2 Å². The van der Waals surface area contributed by atoms with Gasteiger partial charge in [0.05, 0.1) is 18.4 Å². The third-order valence-corrected chi connectivity index (χ3v) is 5.35. The molecule has 0 amide bonds. The lowest BCUT2D eigenvalue weighted by Gasteiger charge is -2.22. The van der Waals surface area contributed by atoms with Crippen LogP contribution in [0.3, 0.4) is 0 Å². The smallest absolute Gasteiger partial charge is 0.311 e. The highest BCUT2D eigenvalue weighted by Crippen LogP contribution is 2.48. The third kappa shape index (κ3) is 5.76. The van der Waals surface area contributed by atoms with Crippen LogP contribution in [-0.4, -0.2) is 31.9 Å². The zero-order valence-corrected chi connectivity index (χ0v) is 16.1. The maximum absolute atomic E-state index is 11.8. The van der Waals surface area contributed by atoms with E-state index in [2.05, 4.69) is 4.74 Å². The van der Waals surface area contributed by atoms with Gasteiger partial charge >= 0.3 is 11.9 Å². The first-order valence-electron chi connectivity index (χ1n) is 9.15. The Balaban J connectivity index is 0.000000277. The zero-order chi connectivity index (χ0) is 18.3. The van der Waals surface area contributed by atoms with Crippen molar-refractivity contribution in [1.29, 1.82) is 0 Å². The Kier molecular flexibility index (Phi) is 8.20. The van der Waals surface area contributed by atoms with E-state index in [0.29, 0.717) is 12.5 Å². The largest absolute Gasteiger partial charge is 0.469 e. The van der Waals surface area contributed by atoms with Crippen molar-refractivity contribution in [2.75, 3.05) is 13.7 Å². The van der Waals surface area contributed by atoms with Crippen molar-refractivity contribution < 1.29 is 23.8 Å². The van der Waals surface area contributed by atoms with Gasteiger partial charge in [-0.25, -0.2) is 0 Å². The third-order valence-electron chi connectivity index (χ3n) is 5.35. The van der Waals surface area contributed by atoms with Crippen LogP contribution in [0.5, 0.6) is 0 Å². The molecule has 5 heteroatoms. The number of hydrogen-bond donors (Lipinski definition) is 0. The molecule has 0 N–H and O–H groups in total. The number of carbonyl (C=O) groups is 2. The number of hydrogen-bond acceptors (Lipinski definition) is 5. The molecular formula is C19H34O5. The molecule has 0 aromatic carbocycles. The van der Waals surface area contributed by atoms with Crippen LogP contribution in [0.4, 0.5) is 0 Å².